The van der Waals surface area contributed by atoms with Crippen LogP contribution in [0, 0.1) is 6.92 Å². The Kier molecular flexibility index (Phi) is 5.02. The third-order valence-corrected chi connectivity index (χ3v) is 5.22. The summed E-state index contributed by atoms with van der Waals surface area (Å²) in [5.41, 5.74) is 5.48. The summed E-state index contributed by atoms with van der Waals surface area (Å²) in [4.78, 5) is 30.8. The zero-order chi connectivity index (χ0) is 19.7. The Balaban J connectivity index is 1.58. The molecule has 2 heterocycles. The number of halogens is 1. The molecule has 8 heteroatoms. The molecule has 0 saturated carbocycles. The van der Waals surface area contributed by atoms with Gasteiger partial charge in [0.25, 0.3) is 5.91 Å². The van der Waals surface area contributed by atoms with Gasteiger partial charge in [-0.2, -0.15) is 0 Å². The molecular weight excluding hydrogens is 398 g/mol. The molecular formula is C20H16ClN3O3S. The number of nitrogens with zero attached hydrogens (tertiary/aromatic N) is 2. The lowest BCUT2D eigenvalue weighted by Gasteiger charge is -2.29. The van der Waals surface area contributed by atoms with Gasteiger partial charge in [-0.3, -0.25) is 14.5 Å². The second kappa shape index (κ2) is 7.61. The molecule has 1 aliphatic rings. The molecule has 2 aromatic carbocycles. The zero-order valence-corrected chi connectivity index (χ0v) is 16.5. The molecule has 28 heavy (non-hydrogen) atoms. The van der Waals surface area contributed by atoms with Crippen LogP contribution in [0.3, 0.4) is 0 Å². The molecule has 0 radical (unpaired) electrons. The fourth-order valence-corrected chi connectivity index (χ4v) is 3.78. The van der Waals surface area contributed by atoms with Gasteiger partial charge in [0.15, 0.2) is 6.61 Å². The molecule has 0 spiro atoms. The Hall–Kier alpha value is -2.90. The minimum absolute atomic E-state index is 0.101. The largest absolute Gasteiger partial charge is 0.482 e. The smallest absolute Gasteiger partial charge is 0.265 e. The summed E-state index contributed by atoms with van der Waals surface area (Å²) in [5, 5.41) is 5.36. The van der Waals surface area contributed by atoms with Crippen molar-refractivity contribution in [2.75, 3.05) is 23.4 Å². The molecule has 0 saturated heterocycles. The maximum Gasteiger partial charge on any atom is 0.265 e. The molecule has 0 atom stereocenters. The topological polar surface area (TPSA) is 71.5 Å². The van der Waals surface area contributed by atoms with Gasteiger partial charge in [-0.15, -0.1) is 11.3 Å². The molecule has 0 unspecified atom stereocenters. The number of thiazole rings is 1. The summed E-state index contributed by atoms with van der Waals surface area (Å²) in [6.45, 7) is 1.64. The number of nitrogens with one attached hydrogen (secondary N) is 1. The number of ether oxygens (including phenoxy) is 1. The highest BCUT2D eigenvalue weighted by Crippen LogP contribution is 2.36. The first kappa shape index (κ1) is 18.5. The highest BCUT2D eigenvalue weighted by Gasteiger charge is 2.28. The van der Waals surface area contributed by atoms with E-state index in [1.165, 1.54) is 16.2 Å². The van der Waals surface area contributed by atoms with E-state index in [1.54, 1.807) is 29.8 Å². The number of carbonyl (C=O) groups is 2. The lowest BCUT2D eigenvalue weighted by atomic mass is 10.1. The van der Waals surface area contributed by atoms with Gasteiger partial charge in [0.05, 0.1) is 16.9 Å². The third kappa shape index (κ3) is 3.72. The maximum absolute atomic E-state index is 12.6. The van der Waals surface area contributed by atoms with Gasteiger partial charge in [-0.25, -0.2) is 4.98 Å². The van der Waals surface area contributed by atoms with Crippen LogP contribution in [0.5, 0.6) is 5.75 Å². The fraction of sp³-hybridized carbons (Fsp3) is 0.150. The predicted octanol–water partition coefficient (Wildman–Crippen LogP) is 4.14. The van der Waals surface area contributed by atoms with Crippen LogP contribution >= 0.6 is 22.9 Å². The molecule has 1 aromatic heterocycles. The van der Waals surface area contributed by atoms with E-state index < -0.39 is 0 Å². The number of amides is 2. The second-order valence-electron chi connectivity index (χ2n) is 6.33. The summed E-state index contributed by atoms with van der Waals surface area (Å²) in [6.07, 6.45) is 0. The number of fused-ring (bicyclic) bond motifs is 1. The molecule has 1 N–H and O–H groups in total. The molecule has 1 aliphatic heterocycles. The molecule has 0 aliphatic carbocycles. The van der Waals surface area contributed by atoms with Gasteiger partial charge in [0.2, 0.25) is 5.91 Å². The minimum atomic E-state index is -0.300. The molecule has 0 bridgehead atoms. The van der Waals surface area contributed by atoms with Gasteiger partial charge < -0.3 is 10.1 Å². The fourth-order valence-electron chi connectivity index (χ4n) is 2.99. The first-order valence-electron chi connectivity index (χ1n) is 8.53. The van der Waals surface area contributed by atoms with Crippen LogP contribution in [-0.4, -0.2) is 29.9 Å². The van der Waals surface area contributed by atoms with E-state index in [-0.39, 0.29) is 25.0 Å². The molecule has 2 amide bonds. The van der Waals surface area contributed by atoms with Crippen LogP contribution < -0.4 is 15.0 Å². The Bertz CT molecular complexity index is 1050. The number of carbonyl (C=O) groups excluding carboxylic acids is 2. The Morgan fingerprint density at radius 1 is 1.32 bits per heavy atom. The van der Waals surface area contributed by atoms with Crippen molar-refractivity contribution < 1.29 is 14.3 Å². The number of aromatic nitrogens is 1. The van der Waals surface area contributed by atoms with Gasteiger partial charge >= 0.3 is 0 Å². The monoisotopic (exact) mass is 413 g/mol. The normalized spacial score (nSPS) is 13.1. The number of aryl methyl sites for hydroxylation is 1. The van der Waals surface area contributed by atoms with Gasteiger partial charge in [0, 0.05) is 21.7 Å². The van der Waals surface area contributed by atoms with E-state index in [1.807, 2.05) is 24.4 Å². The third-order valence-electron chi connectivity index (χ3n) is 4.39. The van der Waals surface area contributed by atoms with E-state index in [0.717, 1.165) is 16.8 Å². The highest BCUT2D eigenvalue weighted by atomic mass is 35.5. The van der Waals surface area contributed by atoms with Crippen molar-refractivity contribution in [3.05, 3.63) is 57.9 Å². The lowest BCUT2D eigenvalue weighted by molar-refractivity contribution is -0.123. The van der Waals surface area contributed by atoms with E-state index in [4.69, 9.17) is 16.3 Å². The van der Waals surface area contributed by atoms with Gasteiger partial charge in [-0.1, -0.05) is 11.6 Å². The summed E-state index contributed by atoms with van der Waals surface area (Å²) in [5.74, 6) is -0.00866. The second-order valence-corrected chi connectivity index (χ2v) is 7.49. The summed E-state index contributed by atoms with van der Waals surface area (Å²) >= 11 is 7.45. The molecule has 0 fully saturated rings. The SMILES string of the molecule is Cc1cc(Cl)ccc1NC(=O)CN1C(=O)COc2ccc(-c3cscn3)cc21. The van der Waals surface area contributed by atoms with Crippen molar-refractivity contribution in [3.63, 3.8) is 0 Å². The first-order chi connectivity index (χ1) is 13.5. The average molecular weight is 414 g/mol. The van der Waals surface area contributed by atoms with E-state index in [0.29, 0.717) is 22.1 Å². The molecule has 3 aromatic rings. The molecule has 142 valence electrons. The summed E-state index contributed by atoms with van der Waals surface area (Å²) in [7, 11) is 0. The number of hydrogen-bond donors (Lipinski definition) is 1. The van der Waals surface area contributed by atoms with Crippen LogP contribution in [0.15, 0.2) is 47.3 Å². The van der Waals surface area contributed by atoms with Crippen molar-refractivity contribution >= 4 is 46.1 Å². The Labute approximate surface area is 170 Å². The summed E-state index contributed by atoms with van der Waals surface area (Å²) < 4.78 is 5.52. The minimum Gasteiger partial charge on any atom is -0.482 e. The van der Waals surface area contributed by atoms with Crippen molar-refractivity contribution in [1.82, 2.24) is 4.98 Å². The van der Waals surface area contributed by atoms with Crippen molar-refractivity contribution in [3.8, 4) is 17.0 Å². The van der Waals surface area contributed by atoms with Crippen molar-refractivity contribution in [2.45, 2.75) is 6.92 Å². The highest BCUT2D eigenvalue weighted by molar-refractivity contribution is 7.07. The van der Waals surface area contributed by atoms with Crippen molar-refractivity contribution in [1.29, 1.82) is 0 Å². The van der Waals surface area contributed by atoms with Crippen LogP contribution in [-0.2, 0) is 9.59 Å². The van der Waals surface area contributed by atoms with Crippen LogP contribution in [0.1, 0.15) is 5.56 Å². The number of anilines is 2. The molecule has 6 nitrogen and oxygen atoms in total. The van der Waals surface area contributed by atoms with E-state index in [9.17, 15) is 9.59 Å². The lowest BCUT2D eigenvalue weighted by Crippen LogP contribution is -2.43. The van der Waals surface area contributed by atoms with Crippen LogP contribution in [0.25, 0.3) is 11.3 Å². The Morgan fingerprint density at radius 2 is 2.18 bits per heavy atom. The van der Waals surface area contributed by atoms with Crippen LogP contribution in [0.2, 0.25) is 5.02 Å². The number of hydrogen-bond acceptors (Lipinski definition) is 5. The van der Waals surface area contributed by atoms with Gasteiger partial charge in [-0.05, 0) is 48.9 Å². The quantitative estimate of drug-likeness (QED) is 0.697. The van der Waals surface area contributed by atoms with E-state index in [2.05, 4.69) is 10.3 Å². The summed E-state index contributed by atoms with van der Waals surface area (Å²) in [6, 6.07) is 10.7. The average Bonchev–Trinajstić information content (AvgIpc) is 3.21. The maximum atomic E-state index is 12.6. The number of benzene rings is 2. The predicted molar refractivity (Wildman–Crippen MR) is 110 cm³/mol. The van der Waals surface area contributed by atoms with Crippen LogP contribution in [0.4, 0.5) is 11.4 Å². The standard InChI is InChI=1S/C20H16ClN3O3S/c1-12-6-14(21)3-4-15(12)23-19(25)8-24-17-7-13(16-10-28-11-22-16)2-5-18(17)27-9-20(24)26/h2-7,10-11H,8-9H2,1H3,(H,23,25). The zero-order valence-electron chi connectivity index (χ0n) is 14.9. The molecule has 4 rings (SSSR count). The van der Waals surface area contributed by atoms with Gasteiger partial charge in [0.1, 0.15) is 12.3 Å². The first-order valence-corrected chi connectivity index (χ1v) is 9.85. The van der Waals surface area contributed by atoms with E-state index >= 15 is 0 Å². The Morgan fingerprint density at radius 3 is 2.93 bits per heavy atom. The number of rotatable bonds is 4. The van der Waals surface area contributed by atoms with Crippen molar-refractivity contribution in [2.24, 2.45) is 0 Å².